The Morgan fingerprint density at radius 2 is 2.12 bits per heavy atom. The molecule has 0 aromatic heterocycles. The van der Waals surface area contributed by atoms with Crippen LogP contribution in [0.15, 0.2) is 42.5 Å². The molecule has 0 heterocycles. The molecule has 0 fully saturated rings. The third-order valence-electron chi connectivity index (χ3n) is 3.44. The summed E-state index contributed by atoms with van der Waals surface area (Å²) in [6.45, 7) is 1.91. The Hall–Kier alpha value is -1.72. The fourth-order valence-electron chi connectivity index (χ4n) is 2.20. The van der Waals surface area contributed by atoms with E-state index in [0.717, 1.165) is 11.1 Å². The largest absolute Gasteiger partial charge is 0.494 e. The van der Waals surface area contributed by atoms with Gasteiger partial charge in [0.05, 0.1) is 18.9 Å². The van der Waals surface area contributed by atoms with E-state index in [0.29, 0.717) is 16.5 Å². The Balaban J connectivity index is 1.80. The minimum absolute atomic E-state index is 0.0681. The first-order valence-corrected chi connectivity index (χ1v) is 8.98. The van der Waals surface area contributed by atoms with Gasteiger partial charge in [-0.1, -0.05) is 29.8 Å². The molecule has 0 aliphatic carbocycles. The standard InChI is InChI=1S/C18H19ClFNO2S/c1-12(14-4-3-5-15(19)9-14)21-18(22)11-24-10-13-6-7-17(23-2)16(20)8-13/h3-9,12H,10-11H2,1-2H3,(H,21,22)/t12-/m1/s1. The van der Waals surface area contributed by atoms with Gasteiger partial charge in [-0.2, -0.15) is 0 Å². The number of carbonyl (C=O) groups is 1. The van der Waals surface area contributed by atoms with Crippen LogP contribution < -0.4 is 10.1 Å². The summed E-state index contributed by atoms with van der Waals surface area (Å²) in [5.41, 5.74) is 1.77. The zero-order valence-corrected chi connectivity index (χ0v) is 15.1. The highest BCUT2D eigenvalue weighted by Crippen LogP contribution is 2.21. The van der Waals surface area contributed by atoms with Crippen molar-refractivity contribution in [2.45, 2.75) is 18.7 Å². The number of rotatable bonds is 7. The van der Waals surface area contributed by atoms with E-state index in [1.165, 1.54) is 24.9 Å². The summed E-state index contributed by atoms with van der Waals surface area (Å²) in [5, 5.41) is 3.57. The van der Waals surface area contributed by atoms with Gasteiger partial charge in [0.2, 0.25) is 5.91 Å². The van der Waals surface area contributed by atoms with Crippen molar-refractivity contribution >= 4 is 29.3 Å². The van der Waals surface area contributed by atoms with Crippen molar-refractivity contribution in [2.24, 2.45) is 0 Å². The van der Waals surface area contributed by atoms with Crippen molar-refractivity contribution in [1.82, 2.24) is 5.32 Å². The average molecular weight is 368 g/mol. The predicted octanol–water partition coefficient (Wildman–Crippen LogP) is 4.60. The smallest absolute Gasteiger partial charge is 0.230 e. The third-order valence-corrected chi connectivity index (χ3v) is 4.68. The third kappa shape index (κ3) is 5.42. The van der Waals surface area contributed by atoms with Crippen LogP contribution in [0.2, 0.25) is 5.02 Å². The van der Waals surface area contributed by atoms with E-state index in [-0.39, 0.29) is 17.7 Å². The number of hydrogen-bond acceptors (Lipinski definition) is 3. The monoisotopic (exact) mass is 367 g/mol. The number of carbonyl (C=O) groups excluding carboxylic acids is 1. The van der Waals surface area contributed by atoms with Gasteiger partial charge in [0.15, 0.2) is 11.6 Å². The first kappa shape index (κ1) is 18.6. The molecule has 0 aliphatic heterocycles. The van der Waals surface area contributed by atoms with Gasteiger partial charge >= 0.3 is 0 Å². The SMILES string of the molecule is COc1ccc(CSCC(=O)N[C@H](C)c2cccc(Cl)c2)cc1F. The number of thioether (sulfide) groups is 1. The summed E-state index contributed by atoms with van der Waals surface area (Å²) in [4.78, 5) is 12.0. The maximum atomic E-state index is 13.6. The molecule has 0 radical (unpaired) electrons. The molecule has 24 heavy (non-hydrogen) atoms. The van der Waals surface area contributed by atoms with E-state index in [2.05, 4.69) is 5.32 Å². The van der Waals surface area contributed by atoms with Crippen molar-refractivity contribution in [1.29, 1.82) is 0 Å². The van der Waals surface area contributed by atoms with Gasteiger partial charge in [0.25, 0.3) is 0 Å². The van der Waals surface area contributed by atoms with Crippen LogP contribution in [0.5, 0.6) is 5.75 Å². The van der Waals surface area contributed by atoms with E-state index < -0.39 is 5.82 Å². The van der Waals surface area contributed by atoms with Crippen molar-refractivity contribution in [3.63, 3.8) is 0 Å². The Labute approximate surface area is 150 Å². The van der Waals surface area contributed by atoms with Gasteiger partial charge in [0.1, 0.15) is 0 Å². The number of ether oxygens (including phenoxy) is 1. The Kier molecular flexibility index (Phi) is 6.94. The Bertz CT molecular complexity index is 711. The minimum atomic E-state index is -0.394. The Morgan fingerprint density at radius 1 is 1.33 bits per heavy atom. The molecule has 0 unspecified atom stereocenters. The maximum absolute atomic E-state index is 13.6. The second kappa shape index (κ2) is 8.94. The first-order valence-electron chi connectivity index (χ1n) is 7.44. The van der Waals surface area contributed by atoms with E-state index >= 15 is 0 Å². The topological polar surface area (TPSA) is 38.3 Å². The van der Waals surface area contributed by atoms with E-state index in [4.69, 9.17) is 16.3 Å². The van der Waals surface area contributed by atoms with Crippen LogP contribution in [0.25, 0.3) is 0 Å². The Morgan fingerprint density at radius 3 is 2.79 bits per heavy atom. The summed E-state index contributed by atoms with van der Waals surface area (Å²) in [5.74, 6) is 0.617. The highest BCUT2D eigenvalue weighted by molar-refractivity contribution is 7.99. The molecular formula is C18H19ClFNO2S. The first-order chi connectivity index (χ1) is 11.5. The maximum Gasteiger partial charge on any atom is 0.230 e. The van der Waals surface area contributed by atoms with Crippen LogP contribution in [0.3, 0.4) is 0 Å². The van der Waals surface area contributed by atoms with Crippen molar-refractivity contribution in [3.05, 3.63) is 64.4 Å². The molecule has 1 atom stereocenters. The lowest BCUT2D eigenvalue weighted by Gasteiger charge is -2.14. The molecule has 2 aromatic rings. The summed E-state index contributed by atoms with van der Waals surface area (Å²) in [6, 6.07) is 12.1. The molecule has 0 saturated carbocycles. The van der Waals surface area contributed by atoms with Crippen LogP contribution in [-0.2, 0) is 10.5 Å². The second-order valence-electron chi connectivity index (χ2n) is 5.31. The molecule has 0 aliphatic rings. The van der Waals surface area contributed by atoms with E-state index in [1.807, 2.05) is 25.1 Å². The van der Waals surface area contributed by atoms with Crippen LogP contribution in [0, 0.1) is 5.82 Å². The fourth-order valence-corrected chi connectivity index (χ4v) is 3.19. The highest BCUT2D eigenvalue weighted by Gasteiger charge is 2.10. The predicted molar refractivity (Wildman–Crippen MR) is 97.1 cm³/mol. The molecule has 2 rings (SSSR count). The molecule has 2 aromatic carbocycles. The van der Waals surface area contributed by atoms with Gasteiger partial charge in [-0.05, 0) is 42.3 Å². The van der Waals surface area contributed by atoms with E-state index in [9.17, 15) is 9.18 Å². The summed E-state index contributed by atoms with van der Waals surface area (Å²) in [6.07, 6.45) is 0. The molecule has 0 bridgehead atoms. The van der Waals surface area contributed by atoms with Crippen molar-refractivity contribution in [3.8, 4) is 5.75 Å². The number of hydrogen-bond donors (Lipinski definition) is 1. The highest BCUT2D eigenvalue weighted by atomic mass is 35.5. The summed E-state index contributed by atoms with van der Waals surface area (Å²) >= 11 is 7.39. The molecule has 1 N–H and O–H groups in total. The average Bonchev–Trinajstić information content (AvgIpc) is 2.55. The molecular weight excluding hydrogens is 349 g/mol. The van der Waals surface area contributed by atoms with Gasteiger partial charge < -0.3 is 10.1 Å². The second-order valence-corrected chi connectivity index (χ2v) is 6.73. The van der Waals surface area contributed by atoms with Gasteiger partial charge in [-0.15, -0.1) is 11.8 Å². The van der Waals surface area contributed by atoms with Crippen LogP contribution in [-0.4, -0.2) is 18.8 Å². The van der Waals surface area contributed by atoms with Crippen LogP contribution in [0.1, 0.15) is 24.1 Å². The summed E-state index contributed by atoms with van der Waals surface area (Å²) < 4.78 is 18.5. The van der Waals surface area contributed by atoms with Gasteiger partial charge in [0, 0.05) is 10.8 Å². The number of benzene rings is 2. The molecule has 0 spiro atoms. The number of amides is 1. The fraction of sp³-hybridized carbons (Fsp3) is 0.278. The normalized spacial score (nSPS) is 11.8. The molecule has 128 valence electrons. The molecule has 1 amide bonds. The van der Waals surface area contributed by atoms with E-state index in [1.54, 1.807) is 18.2 Å². The number of nitrogens with one attached hydrogen (secondary N) is 1. The van der Waals surface area contributed by atoms with Crippen molar-refractivity contribution in [2.75, 3.05) is 12.9 Å². The lowest BCUT2D eigenvalue weighted by Crippen LogP contribution is -2.28. The van der Waals surface area contributed by atoms with Crippen molar-refractivity contribution < 1.29 is 13.9 Å². The molecule has 0 saturated heterocycles. The molecule has 6 heteroatoms. The quantitative estimate of drug-likeness (QED) is 0.777. The lowest BCUT2D eigenvalue weighted by atomic mass is 10.1. The zero-order valence-electron chi connectivity index (χ0n) is 13.5. The van der Waals surface area contributed by atoms with Crippen LogP contribution >= 0.6 is 23.4 Å². The zero-order chi connectivity index (χ0) is 17.5. The van der Waals surface area contributed by atoms with Crippen LogP contribution in [0.4, 0.5) is 4.39 Å². The van der Waals surface area contributed by atoms with Gasteiger partial charge in [-0.25, -0.2) is 4.39 Å². The molecule has 3 nitrogen and oxygen atoms in total. The number of methoxy groups -OCH3 is 1. The lowest BCUT2D eigenvalue weighted by molar-refractivity contribution is -0.119. The minimum Gasteiger partial charge on any atom is -0.494 e. The van der Waals surface area contributed by atoms with Gasteiger partial charge in [-0.3, -0.25) is 4.79 Å². The summed E-state index contributed by atoms with van der Waals surface area (Å²) in [7, 11) is 1.43. The number of halogens is 2.